The van der Waals surface area contributed by atoms with Gasteiger partial charge in [-0.3, -0.25) is 9.10 Å². The van der Waals surface area contributed by atoms with Gasteiger partial charge in [-0.2, -0.15) is 0 Å². The van der Waals surface area contributed by atoms with Crippen LogP contribution in [-0.2, 0) is 14.8 Å². The minimum absolute atomic E-state index is 0.179. The van der Waals surface area contributed by atoms with Gasteiger partial charge in [-0.05, 0) is 73.8 Å². The van der Waals surface area contributed by atoms with Gasteiger partial charge in [-0.25, -0.2) is 8.42 Å². The SMILES string of the molecule is Cc1ccc(S(=O)(=O)N(CC(=O)NC2CC3CCC2C3)c2ccc(C(C)C)cc2)cc1. The molecule has 0 radical (unpaired) electrons. The van der Waals surface area contributed by atoms with Crippen molar-refractivity contribution in [2.24, 2.45) is 11.8 Å². The number of carbonyl (C=O) groups excluding carboxylic acids is 1. The van der Waals surface area contributed by atoms with Gasteiger partial charge in [-0.1, -0.05) is 50.1 Å². The molecule has 2 aliphatic carbocycles. The molecule has 4 rings (SSSR count). The molecule has 0 saturated heterocycles. The van der Waals surface area contributed by atoms with Crippen LogP contribution in [0.4, 0.5) is 5.69 Å². The Morgan fingerprint density at radius 3 is 2.26 bits per heavy atom. The molecule has 1 amide bonds. The van der Waals surface area contributed by atoms with Crippen molar-refractivity contribution in [2.75, 3.05) is 10.8 Å². The van der Waals surface area contributed by atoms with Gasteiger partial charge in [0.2, 0.25) is 5.91 Å². The maximum atomic E-state index is 13.5. The van der Waals surface area contributed by atoms with E-state index in [9.17, 15) is 13.2 Å². The molecule has 3 unspecified atom stereocenters. The van der Waals surface area contributed by atoms with Crippen LogP contribution >= 0.6 is 0 Å². The molecule has 5 nitrogen and oxygen atoms in total. The predicted octanol–water partition coefficient (Wildman–Crippen LogP) is 4.62. The number of amides is 1. The van der Waals surface area contributed by atoms with Crippen LogP contribution in [0.25, 0.3) is 0 Å². The molecule has 2 bridgehead atoms. The van der Waals surface area contributed by atoms with Crippen LogP contribution in [0.1, 0.15) is 56.6 Å². The van der Waals surface area contributed by atoms with Crippen molar-refractivity contribution < 1.29 is 13.2 Å². The monoisotopic (exact) mass is 440 g/mol. The molecule has 166 valence electrons. The second kappa shape index (κ2) is 8.65. The lowest BCUT2D eigenvalue weighted by atomic mass is 9.95. The highest BCUT2D eigenvalue weighted by molar-refractivity contribution is 7.92. The maximum absolute atomic E-state index is 13.5. The van der Waals surface area contributed by atoms with E-state index < -0.39 is 10.0 Å². The first kappa shape index (κ1) is 21.9. The third kappa shape index (κ3) is 4.64. The van der Waals surface area contributed by atoms with Gasteiger partial charge in [0, 0.05) is 6.04 Å². The van der Waals surface area contributed by atoms with Gasteiger partial charge in [0.15, 0.2) is 0 Å². The molecule has 2 saturated carbocycles. The largest absolute Gasteiger partial charge is 0.352 e. The van der Waals surface area contributed by atoms with Crippen molar-refractivity contribution in [3.63, 3.8) is 0 Å². The molecule has 2 fully saturated rings. The topological polar surface area (TPSA) is 66.5 Å². The van der Waals surface area contributed by atoms with E-state index in [1.807, 2.05) is 19.1 Å². The summed E-state index contributed by atoms with van der Waals surface area (Å²) in [5.41, 5.74) is 2.62. The number of benzene rings is 2. The maximum Gasteiger partial charge on any atom is 0.264 e. The molecule has 2 aromatic rings. The van der Waals surface area contributed by atoms with Gasteiger partial charge >= 0.3 is 0 Å². The second-order valence-electron chi connectivity index (χ2n) is 9.42. The summed E-state index contributed by atoms with van der Waals surface area (Å²) >= 11 is 0. The van der Waals surface area contributed by atoms with Crippen LogP contribution in [0.15, 0.2) is 53.4 Å². The Labute approximate surface area is 185 Å². The van der Waals surface area contributed by atoms with Crippen molar-refractivity contribution in [3.05, 3.63) is 59.7 Å². The molecule has 6 heteroatoms. The molecule has 0 spiro atoms. The number of hydrogen-bond acceptors (Lipinski definition) is 3. The highest BCUT2D eigenvalue weighted by Gasteiger charge is 2.40. The van der Waals surface area contributed by atoms with E-state index >= 15 is 0 Å². The highest BCUT2D eigenvalue weighted by atomic mass is 32.2. The summed E-state index contributed by atoms with van der Waals surface area (Å²) in [5, 5.41) is 3.13. The van der Waals surface area contributed by atoms with Crippen LogP contribution in [0.3, 0.4) is 0 Å². The Morgan fingerprint density at radius 1 is 1.03 bits per heavy atom. The van der Waals surface area contributed by atoms with E-state index in [1.54, 1.807) is 36.4 Å². The predicted molar refractivity (Wildman–Crippen MR) is 124 cm³/mol. The fourth-order valence-corrected chi connectivity index (χ4v) is 6.40. The summed E-state index contributed by atoms with van der Waals surface area (Å²) in [7, 11) is -3.87. The number of hydrogen-bond donors (Lipinski definition) is 1. The van der Waals surface area contributed by atoms with Crippen LogP contribution in [-0.4, -0.2) is 26.9 Å². The molecule has 31 heavy (non-hydrogen) atoms. The Kier molecular flexibility index (Phi) is 6.11. The summed E-state index contributed by atoms with van der Waals surface area (Å²) in [6.45, 7) is 5.89. The van der Waals surface area contributed by atoms with E-state index in [1.165, 1.54) is 17.1 Å². The van der Waals surface area contributed by atoms with Gasteiger partial charge in [-0.15, -0.1) is 0 Å². The van der Waals surface area contributed by atoms with Crippen LogP contribution in [0.5, 0.6) is 0 Å². The molecule has 0 aromatic heterocycles. The van der Waals surface area contributed by atoms with Crippen molar-refractivity contribution in [2.45, 2.75) is 63.3 Å². The zero-order valence-electron chi connectivity index (χ0n) is 18.5. The lowest BCUT2D eigenvalue weighted by Gasteiger charge is -2.27. The van der Waals surface area contributed by atoms with Crippen LogP contribution in [0.2, 0.25) is 0 Å². The minimum atomic E-state index is -3.87. The van der Waals surface area contributed by atoms with Crippen LogP contribution in [0, 0.1) is 18.8 Å². The number of nitrogens with one attached hydrogen (secondary N) is 1. The van der Waals surface area contributed by atoms with Crippen molar-refractivity contribution in [1.82, 2.24) is 5.32 Å². The zero-order chi connectivity index (χ0) is 22.2. The number of sulfonamides is 1. The Hall–Kier alpha value is -2.34. The standard InChI is InChI=1S/C25H32N2O3S/c1-17(2)20-8-10-22(11-9-20)27(31(29,30)23-12-4-18(3)5-13-23)16-25(28)26-24-15-19-6-7-21(24)14-19/h4-5,8-13,17,19,21,24H,6-7,14-16H2,1-3H3,(H,26,28). The van der Waals surface area contributed by atoms with Gasteiger partial charge in [0.05, 0.1) is 10.6 Å². The Morgan fingerprint density at radius 2 is 1.71 bits per heavy atom. The third-order valence-electron chi connectivity index (χ3n) is 6.83. The first-order chi connectivity index (χ1) is 14.7. The molecule has 1 N–H and O–H groups in total. The quantitative estimate of drug-likeness (QED) is 0.683. The first-order valence-electron chi connectivity index (χ1n) is 11.2. The molecule has 2 aromatic carbocycles. The van der Waals surface area contributed by atoms with E-state index in [-0.39, 0.29) is 23.4 Å². The second-order valence-corrected chi connectivity index (χ2v) is 11.3. The average molecular weight is 441 g/mol. The van der Waals surface area contributed by atoms with Gasteiger partial charge in [0.25, 0.3) is 10.0 Å². The van der Waals surface area contributed by atoms with E-state index in [2.05, 4.69) is 19.2 Å². The Balaban J connectivity index is 1.60. The summed E-state index contributed by atoms with van der Waals surface area (Å²) < 4.78 is 28.3. The number of carbonyl (C=O) groups is 1. The fraction of sp³-hybridized carbons (Fsp3) is 0.480. The van der Waals surface area contributed by atoms with E-state index in [4.69, 9.17) is 0 Å². The minimum Gasteiger partial charge on any atom is -0.352 e. The normalized spacial score (nSPS) is 22.6. The molecule has 0 heterocycles. The zero-order valence-corrected chi connectivity index (χ0v) is 19.4. The summed E-state index contributed by atoms with van der Waals surface area (Å²) in [5.74, 6) is 1.37. The first-order valence-corrected chi connectivity index (χ1v) is 12.7. The summed E-state index contributed by atoms with van der Waals surface area (Å²) in [6, 6.07) is 14.4. The Bertz CT molecular complexity index is 1030. The molecule has 2 aliphatic rings. The number of fused-ring (bicyclic) bond motifs is 2. The van der Waals surface area contributed by atoms with Crippen LogP contribution < -0.4 is 9.62 Å². The lowest BCUT2D eigenvalue weighted by molar-refractivity contribution is -0.120. The number of rotatable bonds is 7. The van der Waals surface area contributed by atoms with Crippen molar-refractivity contribution in [1.29, 1.82) is 0 Å². The molecular weight excluding hydrogens is 408 g/mol. The van der Waals surface area contributed by atoms with Gasteiger partial charge < -0.3 is 5.32 Å². The summed E-state index contributed by atoms with van der Waals surface area (Å²) in [4.78, 5) is 13.1. The van der Waals surface area contributed by atoms with Gasteiger partial charge in [0.1, 0.15) is 6.54 Å². The molecule has 0 aliphatic heterocycles. The molecular formula is C25H32N2O3S. The number of nitrogens with zero attached hydrogens (tertiary/aromatic N) is 1. The average Bonchev–Trinajstić information content (AvgIpc) is 3.35. The summed E-state index contributed by atoms with van der Waals surface area (Å²) in [6.07, 6.45) is 4.63. The highest BCUT2D eigenvalue weighted by Crippen LogP contribution is 2.44. The van der Waals surface area contributed by atoms with E-state index in [0.29, 0.717) is 23.4 Å². The number of anilines is 1. The number of aryl methyl sites for hydroxylation is 1. The third-order valence-corrected chi connectivity index (χ3v) is 8.62. The fourth-order valence-electron chi connectivity index (χ4n) is 4.98. The lowest BCUT2D eigenvalue weighted by Crippen LogP contribution is -2.46. The smallest absolute Gasteiger partial charge is 0.264 e. The van der Waals surface area contributed by atoms with Crippen molar-refractivity contribution >= 4 is 21.6 Å². The van der Waals surface area contributed by atoms with E-state index in [0.717, 1.165) is 24.0 Å². The molecule has 3 atom stereocenters. The van der Waals surface area contributed by atoms with Crippen molar-refractivity contribution in [3.8, 4) is 0 Å².